The maximum Gasteiger partial charge on any atom is 0.168 e. The third kappa shape index (κ3) is 1.31. The molecule has 0 heterocycles. The van der Waals surface area contributed by atoms with E-state index in [1.807, 2.05) is 0 Å². The van der Waals surface area contributed by atoms with E-state index in [2.05, 4.69) is 5.16 Å². The van der Waals surface area contributed by atoms with Gasteiger partial charge in [0.1, 0.15) is 0 Å². The summed E-state index contributed by atoms with van der Waals surface area (Å²) in [5, 5.41) is 10.9. The topological polar surface area (TPSA) is 49.7 Å². The second kappa shape index (κ2) is 2.96. The van der Waals surface area contributed by atoms with E-state index in [0.29, 0.717) is 12.0 Å². The van der Waals surface area contributed by atoms with Crippen molar-refractivity contribution in [1.82, 2.24) is 0 Å². The van der Waals surface area contributed by atoms with Gasteiger partial charge in [0.05, 0.1) is 6.21 Å². The lowest BCUT2D eigenvalue weighted by Gasteiger charge is -1.99. The summed E-state index contributed by atoms with van der Waals surface area (Å²) in [6.45, 7) is 0. The van der Waals surface area contributed by atoms with Crippen LogP contribution in [0.3, 0.4) is 0 Å². The highest BCUT2D eigenvalue weighted by molar-refractivity contribution is 6.14. The molecule has 10 heavy (non-hydrogen) atoms. The van der Waals surface area contributed by atoms with Crippen molar-refractivity contribution in [2.24, 2.45) is 5.16 Å². The van der Waals surface area contributed by atoms with Crippen molar-refractivity contribution in [3.8, 4) is 0 Å². The number of allylic oxidation sites excluding steroid dienone is 4. The minimum atomic E-state index is -0.0136. The lowest BCUT2D eigenvalue weighted by molar-refractivity contribution is -0.114. The molecular weight excluding hydrogens is 130 g/mol. The number of hydrogen-bond acceptors (Lipinski definition) is 3. The molecule has 0 saturated carbocycles. The van der Waals surface area contributed by atoms with Crippen molar-refractivity contribution in [3.05, 3.63) is 23.8 Å². The van der Waals surface area contributed by atoms with E-state index in [-0.39, 0.29) is 5.78 Å². The number of nitrogens with zero attached hydrogens (tertiary/aromatic N) is 1. The van der Waals surface area contributed by atoms with Crippen LogP contribution < -0.4 is 0 Å². The molecule has 0 saturated heterocycles. The van der Waals surface area contributed by atoms with E-state index in [1.165, 1.54) is 0 Å². The van der Waals surface area contributed by atoms with E-state index in [0.717, 1.165) is 6.21 Å². The molecule has 0 atom stereocenters. The van der Waals surface area contributed by atoms with Crippen LogP contribution in [0.5, 0.6) is 0 Å². The van der Waals surface area contributed by atoms with Gasteiger partial charge in [0.15, 0.2) is 5.78 Å². The predicted molar refractivity (Wildman–Crippen MR) is 37.1 cm³/mol. The third-order valence-corrected chi connectivity index (χ3v) is 1.23. The van der Waals surface area contributed by atoms with Crippen LogP contribution in [-0.2, 0) is 4.79 Å². The minimum Gasteiger partial charge on any atom is -0.411 e. The molecule has 0 aliphatic heterocycles. The Morgan fingerprint density at radius 3 is 3.10 bits per heavy atom. The fourth-order valence-corrected chi connectivity index (χ4v) is 0.735. The second-order valence-corrected chi connectivity index (χ2v) is 1.92. The van der Waals surface area contributed by atoms with E-state index >= 15 is 0 Å². The summed E-state index contributed by atoms with van der Waals surface area (Å²) in [7, 11) is 0. The Kier molecular flexibility index (Phi) is 1.99. The zero-order valence-electron chi connectivity index (χ0n) is 5.32. The summed E-state index contributed by atoms with van der Waals surface area (Å²) in [5.74, 6) is -0.0136. The molecule has 0 radical (unpaired) electrons. The Labute approximate surface area is 58.3 Å². The van der Waals surface area contributed by atoms with Crippen LogP contribution >= 0.6 is 0 Å². The third-order valence-electron chi connectivity index (χ3n) is 1.23. The number of hydrogen-bond donors (Lipinski definition) is 1. The first-order chi connectivity index (χ1) is 4.84. The van der Waals surface area contributed by atoms with Crippen molar-refractivity contribution in [2.45, 2.75) is 6.42 Å². The number of rotatable bonds is 1. The van der Waals surface area contributed by atoms with Crippen molar-refractivity contribution in [2.75, 3.05) is 0 Å². The van der Waals surface area contributed by atoms with Gasteiger partial charge in [0.2, 0.25) is 0 Å². The second-order valence-electron chi connectivity index (χ2n) is 1.92. The zero-order valence-corrected chi connectivity index (χ0v) is 5.32. The van der Waals surface area contributed by atoms with Gasteiger partial charge >= 0.3 is 0 Å². The Morgan fingerprint density at radius 1 is 1.70 bits per heavy atom. The highest BCUT2D eigenvalue weighted by Crippen LogP contribution is 2.04. The lowest BCUT2D eigenvalue weighted by atomic mass is 10.1. The normalized spacial score (nSPS) is 18.0. The molecule has 1 N–H and O–H groups in total. The molecule has 1 aliphatic carbocycles. The Balaban J connectivity index is 2.80. The molecule has 0 unspecified atom stereocenters. The van der Waals surface area contributed by atoms with Crippen LogP contribution in [0.25, 0.3) is 0 Å². The van der Waals surface area contributed by atoms with E-state index < -0.39 is 0 Å². The van der Waals surface area contributed by atoms with Gasteiger partial charge in [-0.15, -0.1) is 0 Å². The number of carbonyl (C=O) groups is 1. The zero-order chi connectivity index (χ0) is 7.40. The molecule has 1 aliphatic rings. The average molecular weight is 137 g/mol. The van der Waals surface area contributed by atoms with Gasteiger partial charge in [0.25, 0.3) is 0 Å². The Hall–Kier alpha value is -1.38. The monoisotopic (exact) mass is 137 g/mol. The summed E-state index contributed by atoms with van der Waals surface area (Å²) >= 11 is 0. The number of oxime groups is 1. The van der Waals surface area contributed by atoms with Gasteiger partial charge in [-0.05, 0) is 0 Å². The summed E-state index contributed by atoms with van der Waals surface area (Å²) in [5.41, 5.74) is 0.449. The summed E-state index contributed by atoms with van der Waals surface area (Å²) in [4.78, 5) is 10.9. The fraction of sp³-hybridized carbons (Fsp3) is 0.143. The van der Waals surface area contributed by atoms with E-state index in [9.17, 15) is 4.79 Å². The number of Topliss-reactive ketones (excluding diaryl/α,β-unsaturated/α-hetero) is 1. The van der Waals surface area contributed by atoms with Crippen LogP contribution in [0.15, 0.2) is 29.0 Å². The van der Waals surface area contributed by atoms with Gasteiger partial charge < -0.3 is 5.21 Å². The SMILES string of the molecule is O=C1CC=CC=C1C=NO. The largest absolute Gasteiger partial charge is 0.411 e. The number of ketones is 1. The van der Waals surface area contributed by atoms with Crippen LogP contribution in [-0.4, -0.2) is 17.2 Å². The van der Waals surface area contributed by atoms with Crippen molar-refractivity contribution >= 4 is 12.0 Å². The van der Waals surface area contributed by atoms with Gasteiger partial charge in [-0.1, -0.05) is 23.4 Å². The molecule has 0 amide bonds. The first-order valence-corrected chi connectivity index (χ1v) is 2.92. The maximum atomic E-state index is 10.9. The van der Waals surface area contributed by atoms with Gasteiger partial charge in [-0.25, -0.2) is 0 Å². The molecule has 0 fully saturated rings. The summed E-state index contributed by atoms with van der Waals surface area (Å²) < 4.78 is 0. The maximum absolute atomic E-state index is 10.9. The number of carbonyl (C=O) groups excluding carboxylic acids is 1. The fourth-order valence-electron chi connectivity index (χ4n) is 0.735. The summed E-state index contributed by atoms with van der Waals surface area (Å²) in [6, 6.07) is 0. The molecule has 0 aromatic rings. The molecule has 1 rings (SSSR count). The molecule has 3 heteroatoms. The van der Waals surface area contributed by atoms with Crippen LogP contribution in [0.2, 0.25) is 0 Å². The Bertz CT molecular complexity index is 226. The first-order valence-electron chi connectivity index (χ1n) is 2.92. The van der Waals surface area contributed by atoms with Crippen LogP contribution in [0, 0.1) is 0 Å². The lowest BCUT2D eigenvalue weighted by Crippen LogP contribution is -2.04. The smallest absolute Gasteiger partial charge is 0.168 e. The van der Waals surface area contributed by atoms with Gasteiger partial charge in [-0.3, -0.25) is 4.79 Å². The van der Waals surface area contributed by atoms with E-state index in [4.69, 9.17) is 5.21 Å². The molecule has 0 aromatic heterocycles. The quantitative estimate of drug-likeness (QED) is 0.331. The summed E-state index contributed by atoms with van der Waals surface area (Å²) in [6.07, 6.45) is 6.69. The first kappa shape index (κ1) is 6.74. The molecule has 0 spiro atoms. The highest BCUT2D eigenvalue weighted by atomic mass is 16.4. The minimum absolute atomic E-state index is 0.0136. The van der Waals surface area contributed by atoms with E-state index in [1.54, 1.807) is 18.2 Å². The van der Waals surface area contributed by atoms with Gasteiger partial charge in [-0.2, -0.15) is 0 Å². The highest BCUT2D eigenvalue weighted by Gasteiger charge is 2.06. The van der Waals surface area contributed by atoms with Crippen molar-refractivity contribution in [1.29, 1.82) is 0 Å². The molecular formula is C7H7NO2. The molecule has 52 valence electrons. The molecule has 0 bridgehead atoms. The van der Waals surface area contributed by atoms with Crippen molar-refractivity contribution < 1.29 is 10.0 Å². The van der Waals surface area contributed by atoms with Crippen LogP contribution in [0.1, 0.15) is 6.42 Å². The van der Waals surface area contributed by atoms with Crippen molar-refractivity contribution in [3.63, 3.8) is 0 Å². The Morgan fingerprint density at radius 2 is 2.50 bits per heavy atom. The molecule has 0 aromatic carbocycles. The predicted octanol–water partition coefficient (Wildman–Crippen LogP) is 0.902. The van der Waals surface area contributed by atoms with Gasteiger partial charge in [0, 0.05) is 12.0 Å². The standard InChI is InChI=1S/C7H7NO2/c9-7-4-2-1-3-6(7)5-8-10/h1-3,5,10H,4H2. The average Bonchev–Trinajstić information content (AvgIpc) is 1.94. The molecule has 3 nitrogen and oxygen atoms in total. The van der Waals surface area contributed by atoms with Crippen LogP contribution in [0.4, 0.5) is 0 Å².